The maximum Gasteiger partial charge on any atom is 0.0742 e. The number of thiophene rings is 2. The van der Waals surface area contributed by atoms with Crippen molar-refractivity contribution in [3.8, 4) is 20.9 Å². The van der Waals surface area contributed by atoms with E-state index in [1.165, 1.54) is 43.1 Å². The molecule has 0 unspecified atom stereocenters. The van der Waals surface area contributed by atoms with Crippen LogP contribution >= 0.6 is 22.7 Å². The molecule has 2 aromatic carbocycles. The van der Waals surface area contributed by atoms with E-state index < -0.39 is 0 Å². The van der Waals surface area contributed by atoms with Crippen LogP contribution in [0.1, 0.15) is 22.3 Å². The number of benzene rings is 2. The van der Waals surface area contributed by atoms with Gasteiger partial charge in [-0.15, -0.1) is 22.7 Å². The van der Waals surface area contributed by atoms with Crippen molar-refractivity contribution >= 4 is 53.5 Å². The highest BCUT2D eigenvalue weighted by atomic mass is 32.1. The zero-order valence-electron chi connectivity index (χ0n) is 13.1. The number of rotatable bonds is 0. The highest BCUT2D eigenvalue weighted by molar-refractivity contribution is 7.21. The van der Waals surface area contributed by atoms with Gasteiger partial charge >= 0.3 is 0 Å². The molecule has 6 radical (unpaired) electrons. The summed E-state index contributed by atoms with van der Waals surface area (Å²) in [6, 6.07) is 18.1. The molecule has 1 spiro atoms. The zero-order chi connectivity index (χ0) is 16.8. The van der Waals surface area contributed by atoms with Crippen LogP contribution in [0.25, 0.3) is 20.9 Å². The molecule has 4 heteroatoms. The molecule has 2 aromatic heterocycles. The van der Waals surface area contributed by atoms with Crippen molar-refractivity contribution in [2.45, 2.75) is 5.41 Å². The Morgan fingerprint density at radius 3 is 1.56 bits per heavy atom. The molecule has 4 aromatic rings. The molecule has 0 atom stereocenters. The van der Waals surface area contributed by atoms with Crippen molar-refractivity contribution in [3.63, 3.8) is 0 Å². The van der Waals surface area contributed by atoms with Gasteiger partial charge in [-0.05, 0) is 56.3 Å². The van der Waals surface area contributed by atoms with Gasteiger partial charge in [-0.3, -0.25) is 0 Å². The van der Waals surface area contributed by atoms with Gasteiger partial charge in [0.25, 0.3) is 0 Å². The average molecular weight is 383 g/mol. The fourth-order valence-corrected chi connectivity index (χ4v) is 7.16. The molecule has 0 aliphatic heterocycles. The summed E-state index contributed by atoms with van der Waals surface area (Å²) in [4.78, 5) is 2.87. The second-order valence-corrected chi connectivity index (χ2v) is 9.58. The Bertz CT molecular complexity index is 1090. The quantitative estimate of drug-likeness (QED) is 0.351. The fourth-order valence-electron chi connectivity index (χ4n) is 4.61. The van der Waals surface area contributed by atoms with E-state index in [1.54, 1.807) is 0 Å². The molecular formula is C21H10S2Si2. The molecule has 114 valence electrons. The Morgan fingerprint density at radius 2 is 1.08 bits per heavy atom. The van der Waals surface area contributed by atoms with E-state index in [0.29, 0.717) is 0 Å². The van der Waals surface area contributed by atoms with Gasteiger partial charge in [-0.2, -0.15) is 0 Å². The Morgan fingerprint density at radius 1 is 0.600 bits per heavy atom. The van der Waals surface area contributed by atoms with E-state index in [-0.39, 0.29) is 5.41 Å². The van der Waals surface area contributed by atoms with Gasteiger partial charge < -0.3 is 0 Å². The molecule has 2 aliphatic carbocycles. The van der Waals surface area contributed by atoms with Crippen LogP contribution in [0.2, 0.25) is 0 Å². The van der Waals surface area contributed by atoms with Crippen LogP contribution in [0.3, 0.4) is 0 Å². The minimum absolute atomic E-state index is 0.180. The smallest absolute Gasteiger partial charge is 0.0742 e. The molecule has 0 fully saturated rings. The van der Waals surface area contributed by atoms with Crippen LogP contribution in [0.4, 0.5) is 0 Å². The van der Waals surface area contributed by atoms with Crippen molar-refractivity contribution in [2.75, 3.05) is 0 Å². The van der Waals surface area contributed by atoms with E-state index in [4.69, 9.17) is 0 Å². The van der Waals surface area contributed by atoms with Crippen LogP contribution in [-0.4, -0.2) is 20.5 Å². The Kier molecular flexibility index (Phi) is 2.72. The first-order chi connectivity index (χ1) is 12.2. The maximum atomic E-state index is 3.77. The van der Waals surface area contributed by atoms with Gasteiger partial charge in [0.1, 0.15) is 0 Å². The minimum atomic E-state index is -0.180. The zero-order valence-corrected chi connectivity index (χ0v) is 16.7. The van der Waals surface area contributed by atoms with Crippen LogP contribution in [-0.2, 0) is 5.41 Å². The summed E-state index contributed by atoms with van der Waals surface area (Å²) in [5.41, 5.74) is 8.18. The van der Waals surface area contributed by atoms with Gasteiger partial charge in [-0.25, -0.2) is 0 Å². The van der Waals surface area contributed by atoms with Crippen LogP contribution in [0, 0.1) is 0 Å². The second-order valence-electron chi connectivity index (χ2n) is 6.60. The summed E-state index contributed by atoms with van der Waals surface area (Å²) >= 11 is 3.73. The third-order valence-electron chi connectivity index (χ3n) is 5.48. The lowest BCUT2D eigenvalue weighted by Crippen LogP contribution is -2.27. The summed E-state index contributed by atoms with van der Waals surface area (Å²) < 4.78 is 0. The van der Waals surface area contributed by atoms with Gasteiger partial charge in [0.2, 0.25) is 0 Å². The number of hydrogen-bond acceptors (Lipinski definition) is 2. The summed E-state index contributed by atoms with van der Waals surface area (Å²) in [6.07, 6.45) is 0. The largest absolute Gasteiger partial charge is 0.143 e. The van der Waals surface area contributed by atoms with Gasteiger partial charge in [-0.1, -0.05) is 46.8 Å². The highest BCUT2D eigenvalue weighted by Gasteiger charge is 2.52. The Hall–Kier alpha value is -1.73. The third-order valence-corrected chi connectivity index (χ3v) is 8.10. The third kappa shape index (κ3) is 1.57. The van der Waals surface area contributed by atoms with Crippen molar-refractivity contribution < 1.29 is 0 Å². The molecule has 2 heterocycles. The molecule has 0 saturated heterocycles. The summed E-state index contributed by atoms with van der Waals surface area (Å²) in [5, 5.41) is 6.74. The van der Waals surface area contributed by atoms with Gasteiger partial charge in [0.15, 0.2) is 0 Å². The first-order valence-electron chi connectivity index (χ1n) is 8.10. The molecule has 25 heavy (non-hydrogen) atoms. The van der Waals surface area contributed by atoms with E-state index >= 15 is 0 Å². The Balaban J connectivity index is 1.87. The molecule has 0 nitrogen and oxygen atoms in total. The van der Waals surface area contributed by atoms with Crippen molar-refractivity contribution in [3.05, 3.63) is 81.5 Å². The summed E-state index contributed by atoms with van der Waals surface area (Å²) in [7, 11) is 7.54. The van der Waals surface area contributed by atoms with E-state index in [1.807, 2.05) is 22.7 Å². The number of fused-ring (bicyclic) bond motifs is 10. The molecule has 0 saturated carbocycles. The second kappa shape index (κ2) is 4.71. The lowest BCUT2D eigenvalue weighted by atomic mass is 9.71. The molecule has 0 bridgehead atoms. The molecule has 0 amide bonds. The van der Waals surface area contributed by atoms with Crippen molar-refractivity contribution in [1.29, 1.82) is 0 Å². The number of hydrogen-bond donors (Lipinski definition) is 0. The lowest BCUT2D eigenvalue weighted by Gasteiger charge is -2.29. The highest BCUT2D eigenvalue weighted by Crippen LogP contribution is 2.64. The normalized spacial score (nSPS) is 15.1. The summed E-state index contributed by atoms with van der Waals surface area (Å²) in [5.74, 6) is 0. The SMILES string of the molecule is [Si]c1ccc2c(c1)C1(c3cc([Si])ccc3-2)c2ccsc2-c2sccc21. The summed E-state index contributed by atoms with van der Waals surface area (Å²) in [6.45, 7) is 0. The van der Waals surface area contributed by atoms with E-state index in [0.717, 1.165) is 10.4 Å². The van der Waals surface area contributed by atoms with Crippen LogP contribution < -0.4 is 10.4 Å². The van der Waals surface area contributed by atoms with Gasteiger partial charge in [0, 0.05) is 9.75 Å². The minimum Gasteiger partial charge on any atom is -0.143 e. The predicted molar refractivity (Wildman–Crippen MR) is 109 cm³/mol. The predicted octanol–water partition coefficient (Wildman–Crippen LogP) is 3.74. The average Bonchev–Trinajstić information content (AvgIpc) is 3.32. The van der Waals surface area contributed by atoms with E-state index in [2.05, 4.69) is 79.8 Å². The monoisotopic (exact) mass is 382 g/mol. The lowest BCUT2D eigenvalue weighted by molar-refractivity contribution is 0.799. The molecule has 2 aliphatic rings. The Labute approximate surface area is 161 Å². The molecule has 0 N–H and O–H groups in total. The fraction of sp³-hybridized carbons (Fsp3) is 0.0476. The maximum absolute atomic E-state index is 3.77. The van der Waals surface area contributed by atoms with Gasteiger partial charge in [0.05, 0.1) is 25.9 Å². The first kappa shape index (κ1) is 14.4. The first-order valence-corrected chi connectivity index (χ1v) is 10.9. The topological polar surface area (TPSA) is 0 Å². The molecular weight excluding hydrogens is 373 g/mol. The van der Waals surface area contributed by atoms with Crippen molar-refractivity contribution in [2.24, 2.45) is 0 Å². The molecule has 6 rings (SSSR count). The standard InChI is InChI=1S/C21H10S2Si2/c24-11-1-3-13-14-4-2-12(25)10-18(14)21(17(13)9-11)15-5-7-22-19(15)20-16(21)6-8-23-20/h1-10H. The van der Waals surface area contributed by atoms with Crippen LogP contribution in [0.5, 0.6) is 0 Å². The van der Waals surface area contributed by atoms with Crippen molar-refractivity contribution in [1.82, 2.24) is 0 Å². The van der Waals surface area contributed by atoms with E-state index in [9.17, 15) is 0 Å². The van der Waals surface area contributed by atoms with Crippen LogP contribution in [0.15, 0.2) is 59.3 Å².